The molecular formula is C29H49BrO. The van der Waals surface area contributed by atoms with Gasteiger partial charge in [-0.15, -0.1) is 0 Å². The standard InChI is InChI=1S/C29H49BrO/c1-7-20(18(2)3)9-8-19(4)23-10-11-24-22-17-27(31)26-16-21(30)12-14-29(26,6)25(22)13-15-28(23,24)5/h18-26H,7-17H2,1-6H3/t19-,20-,21+,22+,23+,24-,25-,26-,28-,29-/m1/s1. The number of carbonyl (C=O) groups excluding carboxylic acids is 1. The number of alkyl halides is 1. The van der Waals surface area contributed by atoms with Crippen LogP contribution in [0.3, 0.4) is 0 Å². The number of ketones is 1. The summed E-state index contributed by atoms with van der Waals surface area (Å²) in [6.07, 6.45) is 14.3. The van der Waals surface area contributed by atoms with Gasteiger partial charge in [-0.3, -0.25) is 4.79 Å². The summed E-state index contributed by atoms with van der Waals surface area (Å²) in [5.74, 6) is 6.65. The van der Waals surface area contributed by atoms with Gasteiger partial charge in [0.1, 0.15) is 5.78 Å². The van der Waals surface area contributed by atoms with Crippen LogP contribution in [0, 0.1) is 58.2 Å². The van der Waals surface area contributed by atoms with Gasteiger partial charge < -0.3 is 0 Å². The van der Waals surface area contributed by atoms with Crippen LogP contribution in [0.4, 0.5) is 0 Å². The number of hydrogen-bond donors (Lipinski definition) is 0. The highest BCUT2D eigenvalue weighted by molar-refractivity contribution is 9.09. The van der Waals surface area contributed by atoms with E-state index in [9.17, 15) is 4.79 Å². The molecule has 0 spiro atoms. The normalized spacial score (nSPS) is 46.9. The van der Waals surface area contributed by atoms with E-state index in [2.05, 4.69) is 57.5 Å². The van der Waals surface area contributed by atoms with Gasteiger partial charge in [0.25, 0.3) is 0 Å². The van der Waals surface area contributed by atoms with Crippen LogP contribution in [0.15, 0.2) is 0 Å². The molecule has 0 aromatic rings. The Morgan fingerprint density at radius 2 is 1.65 bits per heavy atom. The van der Waals surface area contributed by atoms with Crippen LogP contribution >= 0.6 is 15.9 Å². The average molecular weight is 494 g/mol. The van der Waals surface area contributed by atoms with E-state index in [1.54, 1.807) is 0 Å². The first-order valence-electron chi connectivity index (χ1n) is 13.8. The van der Waals surface area contributed by atoms with Gasteiger partial charge in [-0.25, -0.2) is 0 Å². The minimum absolute atomic E-state index is 0.279. The Bertz CT molecular complexity index is 657. The fourth-order valence-electron chi connectivity index (χ4n) is 9.66. The monoisotopic (exact) mass is 492 g/mol. The molecule has 0 heterocycles. The Kier molecular flexibility index (Phi) is 7.10. The predicted octanol–water partition coefficient (Wildman–Crippen LogP) is 8.69. The van der Waals surface area contributed by atoms with Gasteiger partial charge in [-0.1, -0.05) is 70.3 Å². The highest BCUT2D eigenvalue weighted by Crippen LogP contribution is 2.68. The number of halogens is 1. The Balaban J connectivity index is 1.49. The molecule has 178 valence electrons. The molecule has 1 nitrogen and oxygen atoms in total. The lowest BCUT2D eigenvalue weighted by atomic mass is 9.44. The topological polar surface area (TPSA) is 17.1 Å². The first kappa shape index (κ1) is 24.3. The van der Waals surface area contributed by atoms with E-state index >= 15 is 0 Å². The summed E-state index contributed by atoms with van der Waals surface area (Å²) in [4.78, 5) is 14.0. The van der Waals surface area contributed by atoms with Gasteiger partial charge in [-0.2, -0.15) is 0 Å². The second-order valence-electron chi connectivity index (χ2n) is 13.2. The zero-order valence-corrected chi connectivity index (χ0v) is 22.8. The van der Waals surface area contributed by atoms with Gasteiger partial charge in [0, 0.05) is 17.2 Å². The van der Waals surface area contributed by atoms with Gasteiger partial charge in [0.15, 0.2) is 0 Å². The summed E-state index contributed by atoms with van der Waals surface area (Å²) < 4.78 is 0. The van der Waals surface area contributed by atoms with Crippen molar-refractivity contribution < 1.29 is 4.79 Å². The smallest absolute Gasteiger partial charge is 0.136 e. The van der Waals surface area contributed by atoms with E-state index in [-0.39, 0.29) is 5.41 Å². The number of carbonyl (C=O) groups is 1. The minimum Gasteiger partial charge on any atom is -0.299 e. The summed E-state index contributed by atoms with van der Waals surface area (Å²) in [6, 6.07) is 0. The Labute approximate surface area is 201 Å². The van der Waals surface area contributed by atoms with Crippen LogP contribution in [0.5, 0.6) is 0 Å². The van der Waals surface area contributed by atoms with Crippen molar-refractivity contribution in [3.05, 3.63) is 0 Å². The van der Waals surface area contributed by atoms with Gasteiger partial charge >= 0.3 is 0 Å². The molecule has 31 heavy (non-hydrogen) atoms. The summed E-state index contributed by atoms with van der Waals surface area (Å²) in [5, 5.41) is 0. The number of Topliss-reactive ketones (excluding diaryl/α,β-unsaturated/α-hetero) is 1. The fourth-order valence-corrected chi connectivity index (χ4v) is 10.3. The lowest BCUT2D eigenvalue weighted by Crippen LogP contribution is -2.56. The van der Waals surface area contributed by atoms with Crippen molar-refractivity contribution >= 4 is 21.7 Å². The molecule has 2 heteroatoms. The van der Waals surface area contributed by atoms with Crippen molar-refractivity contribution in [2.45, 2.75) is 117 Å². The number of hydrogen-bond acceptors (Lipinski definition) is 1. The number of fused-ring (bicyclic) bond motifs is 5. The average Bonchev–Trinajstić information content (AvgIpc) is 3.07. The molecule has 0 amide bonds. The molecule has 0 radical (unpaired) electrons. The van der Waals surface area contributed by atoms with Crippen LogP contribution in [0.25, 0.3) is 0 Å². The Morgan fingerprint density at radius 1 is 0.968 bits per heavy atom. The molecule has 0 unspecified atom stereocenters. The molecule has 4 fully saturated rings. The third-order valence-electron chi connectivity index (χ3n) is 11.6. The minimum atomic E-state index is 0.279. The van der Waals surface area contributed by atoms with Crippen molar-refractivity contribution in [1.29, 1.82) is 0 Å². The highest BCUT2D eigenvalue weighted by Gasteiger charge is 2.62. The molecule has 4 aliphatic rings. The molecule has 4 aliphatic carbocycles. The summed E-state index contributed by atoms with van der Waals surface area (Å²) in [6.45, 7) is 14.9. The molecule has 4 rings (SSSR count). The molecule has 0 aromatic carbocycles. The maximum Gasteiger partial charge on any atom is 0.136 e. The van der Waals surface area contributed by atoms with Crippen molar-refractivity contribution in [1.82, 2.24) is 0 Å². The maximum atomic E-state index is 13.4. The predicted molar refractivity (Wildman–Crippen MR) is 135 cm³/mol. The molecular weight excluding hydrogens is 444 g/mol. The van der Waals surface area contributed by atoms with E-state index in [0.29, 0.717) is 27.9 Å². The zero-order chi connectivity index (χ0) is 22.6. The molecule has 4 saturated carbocycles. The molecule has 0 aliphatic heterocycles. The van der Waals surface area contributed by atoms with Gasteiger partial charge in [0.05, 0.1) is 0 Å². The first-order valence-corrected chi connectivity index (χ1v) is 14.7. The fraction of sp³-hybridized carbons (Fsp3) is 0.966. The van der Waals surface area contributed by atoms with E-state index < -0.39 is 0 Å². The number of rotatable bonds is 6. The third-order valence-corrected chi connectivity index (χ3v) is 12.4. The largest absolute Gasteiger partial charge is 0.299 e. The Hall–Kier alpha value is 0.150. The maximum absolute atomic E-state index is 13.4. The van der Waals surface area contributed by atoms with Crippen LogP contribution in [0.2, 0.25) is 0 Å². The van der Waals surface area contributed by atoms with Crippen LogP contribution in [0.1, 0.15) is 112 Å². The molecule has 0 bridgehead atoms. The van der Waals surface area contributed by atoms with Crippen LogP contribution in [-0.4, -0.2) is 10.6 Å². The van der Waals surface area contributed by atoms with E-state index in [0.717, 1.165) is 48.3 Å². The van der Waals surface area contributed by atoms with Crippen molar-refractivity contribution in [2.24, 2.45) is 58.2 Å². The summed E-state index contributed by atoms with van der Waals surface area (Å²) in [5.41, 5.74) is 0.761. The molecule has 0 saturated heterocycles. The zero-order valence-electron chi connectivity index (χ0n) is 21.3. The Morgan fingerprint density at radius 3 is 2.32 bits per heavy atom. The lowest BCUT2D eigenvalue weighted by molar-refractivity contribution is -0.154. The summed E-state index contributed by atoms with van der Waals surface area (Å²) >= 11 is 3.85. The second kappa shape index (κ2) is 9.07. The van der Waals surface area contributed by atoms with Crippen molar-refractivity contribution in [2.75, 3.05) is 0 Å². The van der Waals surface area contributed by atoms with Crippen LogP contribution in [-0.2, 0) is 4.79 Å². The van der Waals surface area contributed by atoms with E-state index in [1.165, 1.54) is 57.8 Å². The molecule has 0 aromatic heterocycles. The van der Waals surface area contributed by atoms with E-state index in [1.807, 2.05) is 0 Å². The van der Waals surface area contributed by atoms with Crippen molar-refractivity contribution in [3.63, 3.8) is 0 Å². The SMILES string of the molecule is CC[C@H](CC[C@@H](C)[C@@H]1CC[C@@H]2[C@@H]3CC(=O)[C@H]4C[C@@H](Br)CC[C@]4(C)[C@@H]3CC[C@@]21C)C(C)C. The van der Waals surface area contributed by atoms with Gasteiger partial charge in [-0.05, 0) is 104 Å². The molecule has 0 N–H and O–H groups in total. The molecule has 10 atom stereocenters. The lowest BCUT2D eigenvalue weighted by Gasteiger charge is -2.60. The summed E-state index contributed by atoms with van der Waals surface area (Å²) in [7, 11) is 0. The third kappa shape index (κ3) is 4.12. The van der Waals surface area contributed by atoms with E-state index in [4.69, 9.17) is 0 Å². The first-order chi connectivity index (χ1) is 14.6. The quantitative estimate of drug-likeness (QED) is 0.338. The second-order valence-corrected chi connectivity index (χ2v) is 14.5. The van der Waals surface area contributed by atoms with Crippen molar-refractivity contribution in [3.8, 4) is 0 Å². The van der Waals surface area contributed by atoms with Crippen LogP contribution < -0.4 is 0 Å². The highest BCUT2D eigenvalue weighted by atomic mass is 79.9. The van der Waals surface area contributed by atoms with Gasteiger partial charge in [0.2, 0.25) is 0 Å².